The van der Waals surface area contributed by atoms with Crippen LogP contribution in [0.25, 0.3) is 0 Å². The summed E-state index contributed by atoms with van der Waals surface area (Å²) in [6.45, 7) is 6.31. The lowest BCUT2D eigenvalue weighted by molar-refractivity contribution is 0.175. The van der Waals surface area contributed by atoms with Gasteiger partial charge >= 0.3 is 0 Å². The van der Waals surface area contributed by atoms with Crippen LogP contribution in [0.4, 0.5) is 0 Å². The summed E-state index contributed by atoms with van der Waals surface area (Å²) >= 11 is 0. The molecule has 2 unspecified atom stereocenters. The molecule has 2 fully saturated rings. The highest BCUT2D eigenvalue weighted by Crippen LogP contribution is 2.28. The fourth-order valence-electron chi connectivity index (χ4n) is 3.36. The fourth-order valence-corrected chi connectivity index (χ4v) is 3.36. The first-order valence-corrected chi connectivity index (χ1v) is 7.12. The van der Waals surface area contributed by atoms with E-state index >= 15 is 0 Å². The summed E-state index contributed by atoms with van der Waals surface area (Å²) < 4.78 is 0. The number of likely N-dealkylation sites (tertiary alicyclic amines) is 1. The molecule has 2 aliphatic heterocycles. The number of nitrogens with zero attached hydrogens (tertiary/aromatic N) is 1. The van der Waals surface area contributed by atoms with Gasteiger partial charge < -0.3 is 10.2 Å². The van der Waals surface area contributed by atoms with E-state index in [1.54, 1.807) is 0 Å². The Morgan fingerprint density at radius 2 is 2.19 bits per heavy atom. The molecular formula is C14H28N2. The topological polar surface area (TPSA) is 15.3 Å². The Morgan fingerprint density at radius 1 is 1.31 bits per heavy atom. The molecule has 0 aromatic carbocycles. The first kappa shape index (κ1) is 12.4. The predicted octanol–water partition coefficient (Wildman–Crippen LogP) is 2.64. The number of hydrogen-bond acceptors (Lipinski definition) is 2. The second kappa shape index (κ2) is 5.50. The summed E-state index contributed by atoms with van der Waals surface area (Å²) in [6.07, 6.45) is 9.86. The maximum atomic E-state index is 3.73. The minimum atomic E-state index is 0.453. The lowest BCUT2D eigenvalue weighted by Gasteiger charge is -2.37. The molecule has 2 nitrogen and oxygen atoms in total. The van der Waals surface area contributed by atoms with Crippen molar-refractivity contribution in [3.05, 3.63) is 0 Å². The molecule has 1 N–H and O–H groups in total. The van der Waals surface area contributed by atoms with Crippen molar-refractivity contribution < 1.29 is 0 Å². The van der Waals surface area contributed by atoms with Gasteiger partial charge in [-0.3, -0.25) is 0 Å². The lowest BCUT2D eigenvalue weighted by atomic mass is 9.82. The van der Waals surface area contributed by atoms with Crippen molar-refractivity contribution in [3.8, 4) is 0 Å². The number of rotatable bonds is 3. The van der Waals surface area contributed by atoms with Crippen molar-refractivity contribution in [3.63, 3.8) is 0 Å². The first-order chi connectivity index (χ1) is 7.68. The third-order valence-corrected chi connectivity index (χ3v) is 4.53. The van der Waals surface area contributed by atoms with Crippen LogP contribution in [-0.4, -0.2) is 37.1 Å². The fraction of sp³-hybridized carbons (Fsp3) is 1.00. The summed E-state index contributed by atoms with van der Waals surface area (Å²) in [5.74, 6) is 0.958. The van der Waals surface area contributed by atoms with Crippen LogP contribution in [0.5, 0.6) is 0 Å². The van der Waals surface area contributed by atoms with Crippen molar-refractivity contribution >= 4 is 0 Å². The van der Waals surface area contributed by atoms with Crippen LogP contribution in [0.2, 0.25) is 0 Å². The quantitative estimate of drug-likeness (QED) is 0.793. The van der Waals surface area contributed by atoms with E-state index in [0.29, 0.717) is 5.54 Å². The van der Waals surface area contributed by atoms with Crippen LogP contribution in [0, 0.1) is 5.92 Å². The normalized spacial score (nSPS) is 37.5. The second-order valence-corrected chi connectivity index (χ2v) is 6.25. The van der Waals surface area contributed by atoms with Crippen LogP contribution in [0.1, 0.15) is 51.9 Å². The number of piperidine rings is 2. The van der Waals surface area contributed by atoms with Gasteiger partial charge in [0.2, 0.25) is 0 Å². The Morgan fingerprint density at radius 3 is 2.88 bits per heavy atom. The molecule has 0 amide bonds. The smallest absolute Gasteiger partial charge is 0.0153 e. The maximum absolute atomic E-state index is 3.73. The zero-order chi connectivity index (χ0) is 11.4. The molecule has 2 heterocycles. The highest BCUT2D eigenvalue weighted by Gasteiger charge is 2.27. The molecule has 0 spiro atoms. The summed E-state index contributed by atoms with van der Waals surface area (Å²) in [5.41, 5.74) is 0.453. The van der Waals surface area contributed by atoms with E-state index in [1.165, 1.54) is 64.6 Å². The molecule has 2 heteroatoms. The van der Waals surface area contributed by atoms with E-state index in [9.17, 15) is 0 Å². The van der Waals surface area contributed by atoms with E-state index in [2.05, 4.69) is 24.2 Å². The Bertz CT molecular complexity index is 209. The number of hydrogen-bond donors (Lipinski definition) is 1. The predicted molar refractivity (Wildman–Crippen MR) is 69.7 cm³/mol. The Labute approximate surface area is 101 Å². The minimum absolute atomic E-state index is 0.453. The van der Waals surface area contributed by atoms with Gasteiger partial charge in [-0.1, -0.05) is 6.42 Å². The summed E-state index contributed by atoms with van der Waals surface area (Å²) in [6, 6.07) is 0. The van der Waals surface area contributed by atoms with Crippen molar-refractivity contribution in [1.29, 1.82) is 0 Å². The average Bonchev–Trinajstić information content (AvgIpc) is 2.28. The highest BCUT2D eigenvalue weighted by molar-refractivity contribution is 4.87. The summed E-state index contributed by atoms with van der Waals surface area (Å²) in [5, 5.41) is 3.73. The highest BCUT2D eigenvalue weighted by atomic mass is 15.1. The second-order valence-electron chi connectivity index (χ2n) is 6.25. The molecule has 2 saturated heterocycles. The van der Waals surface area contributed by atoms with E-state index < -0.39 is 0 Å². The van der Waals surface area contributed by atoms with E-state index in [1.807, 2.05) is 0 Å². The van der Waals surface area contributed by atoms with Crippen molar-refractivity contribution in [2.75, 3.05) is 26.7 Å². The van der Waals surface area contributed by atoms with Gasteiger partial charge in [0.05, 0.1) is 0 Å². The Balaban J connectivity index is 1.73. The molecule has 2 rings (SSSR count). The molecular weight excluding hydrogens is 196 g/mol. The third-order valence-electron chi connectivity index (χ3n) is 4.53. The van der Waals surface area contributed by atoms with Crippen LogP contribution in [-0.2, 0) is 0 Å². The SMILES string of the molecule is CN1CCCC(CCC2(C)CCCCN2)C1. The lowest BCUT2D eigenvalue weighted by Crippen LogP contribution is -2.46. The molecule has 2 atom stereocenters. The van der Waals surface area contributed by atoms with Crippen LogP contribution in [0.3, 0.4) is 0 Å². The van der Waals surface area contributed by atoms with Crippen molar-refractivity contribution in [1.82, 2.24) is 10.2 Å². The number of nitrogens with one attached hydrogen (secondary N) is 1. The molecule has 0 radical (unpaired) electrons. The van der Waals surface area contributed by atoms with E-state index in [4.69, 9.17) is 0 Å². The molecule has 0 bridgehead atoms. The van der Waals surface area contributed by atoms with Crippen LogP contribution >= 0.6 is 0 Å². The molecule has 0 aromatic heterocycles. The minimum Gasteiger partial charge on any atom is -0.312 e. The summed E-state index contributed by atoms with van der Waals surface area (Å²) in [4.78, 5) is 2.50. The van der Waals surface area contributed by atoms with Gasteiger partial charge in [0.1, 0.15) is 0 Å². The molecule has 0 aliphatic carbocycles. The largest absolute Gasteiger partial charge is 0.312 e. The van der Waals surface area contributed by atoms with Gasteiger partial charge in [-0.15, -0.1) is 0 Å². The Kier molecular flexibility index (Phi) is 4.26. The van der Waals surface area contributed by atoms with Gasteiger partial charge in [-0.05, 0) is 71.5 Å². The van der Waals surface area contributed by atoms with Gasteiger partial charge in [0.25, 0.3) is 0 Å². The van der Waals surface area contributed by atoms with E-state index in [-0.39, 0.29) is 0 Å². The molecule has 16 heavy (non-hydrogen) atoms. The maximum Gasteiger partial charge on any atom is 0.0153 e. The van der Waals surface area contributed by atoms with Gasteiger partial charge in [0.15, 0.2) is 0 Å². The van der Waals surface area contributed by atoms with Crippen LogP contribution in [0.15, 0.2) is 0 Å². The van der Waals surface area contributed by atoms with E-state index in [0.717, 1.165) is 5.92 Å². The summed E-state index contributed by atoms with van der Waals surface area (Å²) in [7, 11) is 2.27. The molecule has 2 aliphatic rings. The molecule has 94 valence electrons. The van der Waals surface area contributed by atoms with Gasteiger partial charge in [0, 0.05) is 12.1 Å². The van der Waals surface area contributed by atoms with Gasteiger partial charge in [-0.25, -0.2) is 0 Å². The molecule has 0 aromatic rings. The van der Waals surface area contributed by atoms with Crippen molar-refractivity contribution in [2.24, 2.45) is 5.92 Å². The zero-order valence-corrected chi connectivity index (χ0v) is 11.1. The van der Waals surface area contributed by atoms with Gasteiger partial charge in [-0.2, -0.15) is 0 Å². The third kappa shape index (κ3) is 3.46. The van der Waals surface area contributed by atoms with Crippen molar-refractivity contribution in [2.45, 2.75) is 57.4 Å². The molecule has 0 saturated carbocycles. The Hall–Kier alpha value is -0.0800. The zero-order valence-electron chi connectivity index (χ0n) is 11.1. The van der Waals surface area contributed by atoms with Crippen LogP contribution < -0.4 is 5.32 Å². The standard InChI is InChI=1S/C14H28N2/c1-14(8-3-4-10-15-14)9-7-13-6-5-11-16(2)12-13/h13,15H,3-12H2,1-2H3. The monoisotopic (exact) mass is 224 g/mol. The average molecular weight is 224 g/mol. The first-order valence-electron chi connectivity index (χ1n) is 7.12.